The van der Waals surface area contributed by atoms with Gasteiger partial charge in [0.25, 0.3) is 5.91 Å². The lowest BCUT2D eigenvalue weighted by molar-refractivity contribution is -0.122. The van der Waals surface area contributed by atoms with Gasteiger partial charge in [-0.2, -0.15) is 5.10 Å². The van der Waals surface area contributed by atoms with Crippen molar-refractivity contribution in [3.8, 4) is 5.75 Å². The van der Waals surface area contributed by atoms with Gasteiger partial charge in [0.15, 0.2) is 0 Å². The first-order chi connectivity index (χ1) is 9.78. The molecule has 1 aromatic carbocycles. The average molecular weight is 275 g/mol. The molecule has 5 nitrogen and oxygen atoms in total. The van der Waals surface area contributed by atoms with Crippen LogP contribution in [0.2, 0.25) is 0 Å². The molecule has 1 amide bonds. The lowest BCUT2D eigenvalue weighted by atomic mass is 10.1. The van der Waals surface area contributed by atoms with Crippen LogP contribution in [0.25, 0.3) is 0 Å². The fourth-order valence-corrected chi connectivity index (χ4v) is 2.26. The zero-order valence-corrected chi connectivity index (χ0v) is 11.8. The van der Waals surface area contributed by atoms with Crippen molar-refractivity contribution in [3.05, 3.63) is 29.8 Å². The third kappa shape index (κ3) is 4.66. The summed E-state index contributed by atoms with van der Waals surface area (Å²) in [7, 11) is 1.62. The molecule has 2 rings (SSSR count). The molecule has 0 atom stereocenters. The summed E-state index contributed by atoms with van der Waals surface area (Å²) >= 11 is 0. The van der Waals surface area contributed by atoms with Crippen molar-refractivity contribution in [2.24, 2.45) is 5.10 Å². The summed E-state index contributed by atoms with van der Waals surface area (Å²) in [5, 5.41) is 3.98. The van der Waals surface area contributed by atoms with Crippen molar-refractivity contribution in [1.29, 1.82) is 0 Å². The molecule has 108 valence electrons. The molecular weight excluding hydrogens is 254 g/mol. The lowest BCUT2D eigenvalue weighted by Gasteiger charge is -2.25. The molecule has 0 unspecified atom stereocenters. The maximum Gasteiger partial charge on any atom is 0.254 e. The smallest absolute Gasteiger partial charge is 0.254 e. The molecule has 0 radical (unpaired) electrons. The number of methoxy groups -OCH3 is 1. The van der Waals surface area contributed by atoms with E-state index in [0.29, 0.717) is 6.54 Å². The zero-order valence-electron chi connectivity index (χ0n) is 11.8. The second-order valence-corrected chi connectivity index (χ2v) is 4.91. The third-order valence-corrected chi connectivity index (χ3v) is 3.31. The first-order valence-corrected chi connectivity index (χ1v) is 6.96. The lowest BCUT2D eigenvalue weighted by Crippen LogP contribution is -2.38. The molecule has 1 aliphatic rings. The van der Waals surface area contributed by atoms with Crippen LogP contribution < -0.4 is 10.2 Å². The van der Waals surface area contributed by atoms with Gasteiger partial charge in [-0.05, 0) is 43.6 Å². The van der Waals surface area contributed by atoms with E-state index in [1.165, 1.54) is 19.3 Å². The molecule has 0 aromatic heterocycles. The van der Waals surface area contributed by atoms with E-state index in [1.54, 1.807) is 13.3 Å². The van der Waals surface area contributed by atoms with Gasteiger partial charge < -0.3 is 4.74 Å². The number of hydrogen-bond donors (Lipinski definition) is 1. The fourth-order valence-electron chi connectivity index (χ4n) is 2.26. The standard InChI is InChI=1S/C15H21N3O2/c1-20-14-7-5-6-13(10-14)11-16-17-15(19)12-18-8-3-2-4-9-18/h5-7,10-11H,2-4,8-9,12H2,1H3,(H,17,19)/b16-11+. The van der Waals surface area contributed by atoms with Crippen LogP contribution in [0.4, 0.5) is 0 Å². The average Bonchev–Trinajstić information content (AvgIpc) is 2.48. The molecule has 0 bridgehead atoms. The number of nitrogens with zero attached hydrogens (tertiary/aromatic N) is 2. The van der Waals surface area contributed by atoms with Crippen LogP contribution in [0.5, 0.6) is 5.75 Å². The summed E-state index contributed by atoms with van der Waals surface area (Å²) in [5.74, 6) is 0.708. The van der Waals surface area contributed by atoms with E-state index in [-0.39, 0.29) is 5.91 Å². The number of hydrogen-bond acceptors (Lipinski definition) is 4. The fraction of sp³-hybridized carbons (Fsp3) is 0.467. The summed E-state index contributed by atoms with van der Waals surface area (Å²) in [5.41, 5.74) is 3.46. The van der Waals surface area contributed by atoms with Gasteiger partial charge >= 0.3 is 0 Å². The minimum Gasteiger partial charge on any atom is -0.497 e. The van der Waals surface area contributed by atoms with Gasteiger partial charge in [0.2, 0.25) is 0 Å². The maximum atomic E-state index is 11.7. The van der Waals surface area contributed by atoms with Crippen LogP contribution in [0.1, 0.15) is 24.8 Å². The van der Waals surface area contributed by atoms with Gasteiger partial charge in [-0.1, -0.05) is 18.6 Å². The molecule has 1 aromatic rings. The number of benzene rings is 1. The van der Waals surface area contributed by atoms with Crippen molar-refractivity contribution in [2.45, 2.75) is 19.3 Å². The normalized spacial score (nSPS) is 16.2. The van der Waals surface area contributed by atoms with Gasteiger partial charge in [-0.25, -0.2) is 5.43 Å². The number of rotatable bonds is 5. The van der Waals surface area contributed by atoms with Crippen LogP contribution in [-0.4, -0.2) is 43.8 Å². The first-order valence-electron chi connectivity index (χ1n) is 6.96. The Hall–Kier alpha value is -1.88. The quantitative estimate of drug-likeness (QED) is 0.656. The largest absolute Gasteiger partial charge is 0.497 e. The van der Waals surface area contributed by atoms with E-state index < -0.39 is 0 Å². The monoisotopic (exact) mass is 275 g/mol. The second-order valence-electron chi connectivity index (χ2n) is 4.91. The number of ether oxygens (including phenoxy) is 1. The molecule has 1 heterocycles. The molecular formula is C15H21N3O2. The number of nitrogens with one attached hydrogen (secondary N) is 1. The van der Waals surface area contributed by atoms with E-state index in [0.717, 1.165) is 24.4 Å². The molecule has 5 heteroatoms. The minimum absolute atomic E-state index is 0.0638. The number of piperidine rings is 1. The van der Waals surface area contributed by atoms with Crippen LogP contribution in [0.3, 0.4) is 0 Å². The summed E-state index contributed by atoms with van der Waals surface area (Å²) in [6.45, 7) is 2.44. The Kier molecular flexibility index (Phi) is 5.55. The predicted octanol–water partition coefficient (Wildman–Crippen LogP) is 1.63. The highest BCUT2D eigenvalue weighted by Gasteiger charge is 2.12. The van der Waals surface area contributed by atoms with E-state index >= 15 is 0 Å². The minimum atomic E-state index is -0.0638. The Bertz CT molecular complexity index is 468. The Morgan fingerprint density at radius 2 is 2.20 bits per heavy atom. The van der Waals surface area contributed by atoms with Crippen LogP contribution in [0, 0.1) is 0 Å². The van der Waals surface area contributed by atoms with Gasteiger partial charge in [-0.3, -0.25) is 9.69 Å². The van der Waals surface area contributed by atoms with Gasteiger partial charge in [0.1, 0.15) is 5.75 Å². The van der Waals surface area contributed by atoms with Gasteiger partial charge in [0.05, 0.1) is 19.9 Å². The van der Waals surface area contributed by atoms with Crippen LogP contribution in [0.15, 0.2) is 29.4 Å². The van der Waals surface area contributed by atoms with Gasteiger partial charge in [0, 0.05) is 0 Å². The Morgan fingerprint density at radius 3 is 2.95 bits per heavy atom. The highest BCUT2D eigenvalue weighted by molar-refractivity contribution is 5.83. The molecule has 1 saturated heterocycles. The molecule has 0 spiro atoms. The van der Waals surface area contributed by atoms with Crippen LogP contribution >= 0.6 is 0 Å². The molecule has 1 N–H and O–H groups in total. The van der Waals surface area contributed by atoms with E-state index in [9.17, 15) is 4.79 Å². The zero-order chi connectivity index (χ0) is 14.2. The molecule has 0 saturated carbocycles. The second kappa shape index (κ2) is 7.65. The van der Waals surface area contributed by atoms with Crippen molar-refractivity contribution in [3.63, 3.8) is 0 Å². The first kappa shape index (κ1) is 14.5. The topological polar surface area (TPSA) is 53.9 Å². The molecule has 1 aliphatic heterocycles. The van der Waals surface area contributed by atoms with E-state index in [2.05, 4.69) is 15.4 Å². The van der Waals surface area contributed by atoms with Crippen molar-refractivity contribution in [2.75, 3.05) is 26.7 Å². The predicted molar refractivity (Wildman–Crippen MR) is 79.0 cm³/mol. The summed E-state index contributed by atoms with van der Waals surface area (Å²) in [6.07, 6.45) is 5.25. The number of amides is 1. The van der Waals surface area contributed by atoms with Gasteiger partial charge in [-0.15, -0.1) is 0 Å². The summed E-state index contributed by atoms with van der Waals surface area (Å²) in [6, 6.07) is 7.52. The van der Waals surface area contributed by atoms with Crippen LogP contribution in [-0.2, 0) is 4.79 Å². The number of hydrazone groups is 1. The maximum absolute atomic E-state index is 11.7. The summed E-state index contributed by atoms with van der Waals surface area (Å²) < 4.78 is 5.13. The molecule has 20 heavy (non-hydrogen) atoms. The van der Waals surface area contributed by atoms with Crippen molar-refractivity contribution >= 4 is 12.1 Å². The van der Waals surface area contributed by atoms with Crippen molar-refractivity contribution < 1.29 is 9.53 Å². The molecule has 0 aliphatic carbocycles. The highest BCUT2D eigenvalue weighted by Crippen LogP contribution is 2.10. The van der Waals surface area contributed by atoms with Crippen molar-refractivity contribution in [1.82, 2.24) is 10.3 Å². The Labute approximate surface area is 119 Å². The number of carbonyl (C=O) groups excluding carboxylic acids is 1. The SMILES string of the molecule is COc1cccc(/C=N/NC(=O)CN2CCCCC2)c1. The van der Waals surface area contributed by atoms with E-state index in [1.807, 2.05) is 24.3 Å². The molecule has 1 fully saturated rings. The highest BCUT2D eigenvalue weighted by atomic mass is 16.5. The Balaban J connectivity index is 1.78. The summed E-state index contributed by atoms with van der Waals surface area (Å²) in [4.78, 5) is 13.9. The third-order valence-electron chi connectivity index (χ3n) is 3.31. The number of carbonyl (C=O) groups is 1. The number of likely N-dealkylation sites (tertiary alicyclic amines) is 1. The Morgan fingerprint density at radius 1 is 1.40 bits per heavy atom. The van der Waals surface area contributed by atoms with E-state index in [4.69, 9.17) is 4.74 Å².